The maximum absolute atomic E-state index is 11.4. The van der Waals surface area contributed by atoms with E-state index in [9.17, 15) is 19.8 Å². The summed E-state index contributed by atoms with van der Waals surface area (Å²) in [5, 5.41) is 28.1. The van der Waals surface area contributed by atoms with Crippen LogP contribution in [-0.4, -0.2) is 33.9 Å². The molecule has 28 heavy (non-hydrogen) atoms. The van der Waals surface area contributed by atoms with Crippen LogP contribution in [0.4, 0.5) is 0 Å². The van der Waals surface area contributed by atoms with Gasteiger partial charge in [0.15, 0.2) is 0 Å². The Kier molecular flexibility index (Phi) is 12.8. The fraction of sp³-hybridized carbons (Fsp3) is 0.739. The van der Waals surface area contributed by atoms with E-state index in [4.69, 9.17) is 5.11 Å². The van der Waals surface area contributed by atoms with Gasteiger partial charge in [0.2, 0.25) is 0 Å². The second-order valence-electron chi connectivity index (χ2n) is 8.68. The van der Waals surface area contributed by atoms with Crippen LogP contribution in [0.25, 0.3) is 0 Å². The van der Waals surface area contributed by atoms with Crippen LogP contribution in [0.3, 0.4) is 0 Å². The molecule has 0 aromatic rings. The van der Waals surface area contributed by atoms with Gasteiger partial charge in [-0.1, -0.05) is 52.7 Å². The Labute approximate surface area is 170 Å². The summed E-state index contributed by atoms with van der Waals surface area (Å²) in [6.07, 6.45) is 7.75. The average Bonchev–Trinajstić information content (AvgIpc) is 2.59. The van der Waals surface area contributed by atoms with Crippen molar-refractivity contribution in [2.24, 2.45) is 29.6 Å². The fourth-order valence-electron chi connectivity index (χ4n) is 3.75. The van der Waals surface area contributed by atoms with Crippen LogP contribution in [0.2, 0.25) is 0 Å². The molecule has 3 N–H and O–H groups in total. The Balaban J connectivity index is 4.96. The summed E-state index contributed by atoms with van der Waals surface area (Å²) in [6.45, 7) is 12.3. The highest BCUT2D eigenvalue weighted by molar-refractivity contribution is 5.88. The van der Waals surface area contributed by atoms with Crippen LogP contribution in [0.5, 0.6) is 0 Å². The number of carboxylic acids is 2. The first-order valence-electron chi connectivity index (χ1n) is 10.5. The van der Waals surface area contributed by atoms with E-state index in [1.54, 1.807) is 6.08 Å². The van der Waals surface area contributed by atoms with Gasteiger partial charge in [-0.05, 0) is 62.4 Å². The molecule has 5 nitrogen and oxygen atoms in total. The highest BCUT2D eigenvalue weighted by Gasteiger charge is 2.19. The summed E-state index contributed by atoms with van der Waals surface area (Å²) in [5.74, 6) is -1.12. The average molecular weight is 397 g/mol. The number of rotatable bonds is 14. The molecule has 0 aromatic heterocycles. The van der Waals surface area contributed by atoms with E-state index in [0.717, 1.165) is 18.4 Å². The molecule has 0 fully saturated rings. The molecule has 0 bridgehead atoms. The number of carboxylic acid groups (broad SMARTS) is 2. The Bertz CT molecular complexity index is 549. The van der Waals surface area contributed by atoms with Gasteiger partial charge in [-0.2, -0.15) is 0 Å². The Hall–Kier alpha value is -1.62. The summed E-state index contributed by atoms with van der Waals surface area (Å²) in [4.78, 5) is 22.4. The molecule has 0 amide bonds. The number of hydrogen-bond acceptors (Lipinski definition) is 3. The number of aliphatic hydroxyl groups excluding tert-OH is 1. The van der Waals surface area contributed by atoms with Gasteiger partial charge in [0, 0.05) is 12.2 Å². The SMILES string of the molecule is CCC(C)CC(C)CC(CO)CC(C)/C=C(C)/C=C(/CC(C)C(=O)O)C(=O)O. The zero-order valence-electron chi connectivity index (χ0n) is 18.4. The summed E-state index contributed by atoms with van der Waals surface area (Å²) >= 11 is 0. The molecule has 0 spiro atoms. The first kappa shape index (κ1) is 26.4. The number of aliphatic carboxylic acids is 2. The topological polar surface area (TPSA) is 94.8 Å². The molecule has 0 aromatic carbocycles. The number of hydrogen-bond donors (Lipinski definition) is 3. The van der Waals surface area contributed by atoms with Gasteiger partial charge >= 0.3 is 11.9 Å². The van der Waals surface area contributed by atoms with Crippen LogP contribution in [-0.2, 0) is 9.59 Å². The van der Waals surface area contributed by atoms with E-state index in [1.165, 1.54) is 19.8 Å². The highest BCUT2D eigenvalue weighted by atomic mass is 16.4. The van der Waals surface area contributed by atoms with Crippen molar-refractivity contribution in [1.29, 1.82) is 0 Å². The highest BCUT2D eigenvalue weighted by Crippen LogP contribution is 2.26. The van der Waals surface area contributed by atoms with Gasteiger partial charge in [0.05, 0.1) is 5.92 Å². The van der Waals surface area contributed by atoms with E-state index in [1.807, 2.05) is 13.0 Å². The summed E-state index contributed by atoms with van der Waals surface area (Å²) < 4.78 is 0. The third-order valence-corrected chi connectivity index (χ3v) is 5.37. The lowest BCUT2D eigenvalue weighted by atomic mass is 9.84. The van der Waals surface area contributed by atoms with Crippen LogP contribution < -0.4 is 0 Å². The van der Waals surface area contributed by atoms with Crippen molar-refractivity contribution in [2.75, 3.05) is 6.61 Å². The van der Waals surface area contributed by atoms with Crippen LogP contribution in [0, 0.1) is 29.6 Å². The van der Waals surface area contributed by atoms with Crippen molar-refractivity contribution in [3.8, 4) is 0 Å². The van der Waals surface area contributed by atoms with Crippen molar-refractivity contribution in [3.05, 3.63) is 23.3 Å². The minimum Gasteiger partial charge on any atom is -0.481 e. The van der Waals surface area contributed by atoms with Crippen LogP contribution >= 0.6 is 0 Å². The molecule has 0 radical (unpaired) electrons. The summed E-state index contributed by atoms with van der Waals surface area (Å²) in [5.41, 5.74) is 0.920. The molecule has 0 heterocycles. The molecule has 5 atom stereocenters. The summed E-state index contributed by atoms with van der Waals surface area (Å²) in [7, 11) is 0. The maximum atomic E-state index is 11.4. The minimum absolute atomic E-state index is 0.00335. The quantitative estimate of drug-likeness (QED) is 0.279. The molecule has 162 valence electrons. The molecule has 0 aliphatic heterocycles. The van der Waals surface area contributed by atoms with E-state index >= 15 is 0 Å². The first-order chi connectivity index (χ1) is 13.0. The third-order valence-electron chi connectivity index (χ3n) is 5.37. The van der Waals surface area contributed by atoms with E-state index < -0.39 is 17.9 Å². The molecule has 0 aliphatic rings. The lowest BCUT2D eigenvalue weighted by Gasteiger charge is -2.23. The normalized spacial score (nSPS) is 18.2. The largest absolute Gasteiger partial charge is 0.481 e. The lowest BCUT2D eigenvalue weighted by molar-refractivity contribution is -0.141. The standard InChI is InChI=1S/C23H40O5/c1-7-15(2)8-16(3)10-20(14-24)11-17(4)9-18(5)12-21(23(27)28)13-19(6)22(25)26/h9,12,15-17,19-20,24H,7-8,10-11,13-14H2,1-6H3,(H,25,26)(H,27,28)/b18-9+,21-12-. The molecule has 0 aliphatic carbocycles. The van der Waals surface area contributed by atoms with Gasteiger partial charge in [0.25, 0.3) is 0 Å². The monoisotopic (exact) mass is 396 g/mol. The zero-order valence-corrected chi connectivity index (χ0v) is 18.4. The molecular formula is C23H40O5. The zero-order chi connectivity index (χ0) is 21.9. The van der Waals surface area contributed by atoms with E-state index in [0.29, 0.717) is 11.8 Å². The molecule has 0 rings (SSSR count). The van der Waals surface area contributed by atoms with Gasteiger partial charge in [-0.3, -0.25) is 4.79 Å². The lowest BCUT2D eigenvalue weighted by Crippen LogP contribution is -2.15. The Morgan fingerprint density at radius 1 is 0.964 bits per heavy atom. The molecule has 0 saturated carbocycles. The van der Waals surface area contributed by atoms with E-state index in [2.05, 4.69) is 27.7 Å². The summed E-state index contributed by atoms with van der Waals surface area (Å²) in [6, 6.07) is 0. The van der Waals surface area contributed by atoms with E-state index in [-0.39, 0.29) is 30.4 Å². The van der Waals surface area contributed by atoms with Crippen molar-refractivity contribution in [2.45, 2.75) is 73.6 Å². The molecule has 5 heteroatoms. The van der Waals surface area contributed by atoms with Crippen molar-refractivity contribution in [1.82, 2.24) is 0 Å². The Morgan fingerprint density at radius 3 is 2.04 bits per heavy atom. The third kappa shape index (κ3) is 11.3. The smallest absolute Gasteiger partial charge is 0.331 e. The predicted octanol–water partition coefficient (Wildman–Crippen LogP) is 5.15. The second-order valence-corrected chi connectivity index (χ2v) is 8.68. The fourth-order valence-corrected chi connectivity index (χ4v) is 3.75. The maximum Gasteiger partial charge on any atom is 0.331 e. The van der Waals surface area contributed by atoms with Gasteiger partial charge < -0.3 is 15.3 Å². The number of aliphatic hydroxyl groups is 1. The number of carbonyl (C=O) groups is 2. The second kappa shape index (κ2) is 13.5. The predicted molar refractivity (Wildman–Crippen MR) is 113 cm³/mol. The van der Waals surface area contributed by atoms with Crippen molar-refractivity contribution in [3.63, 3.8) is 0 Å². The van der Waals surface area contributed by atoms with Crippen molar-refractivity contribution < 1.29 is 24.9 Å². The molecular weight excluding hydrogens is 356 g/mol. The Morgan fingerprint density at radius 2 is 1.57 bits per heavy atom. The van der Waals surface area contributed by atoms with Crippen molar-refractivity contribution >= 4 is 11.9 Å². The van der Waals surface area contributed by atoms with Gasteiger partial charge in [0.1, 0.15) is 0 Å². The first-order valence-corrected chi connectivity index (χ1v) is 10.5. The minimum atomic E-state index is -1.08. The van der Waals surface area contributed by atoms with Crippen LogP contribution in [0.15, 0.2) is 23.3 Å². The number of allylic oxidation sites excluding steroid dienone is 3. The van der Waals surface area contributed by atoms with Crippen LogP contribution in [0.1, 0.15) is 73.6 Å². The van der Waals surface area contributed by atoms with Gasteiger partial charge in [-0.25, -0.2) is 4.79 Å². The molecule has 0 saturated heterocycles. The molecule has 5 unspecified atom stereocenters. The van der Waals surface area contributed by atoms with Gasteiger partial charge in [-0.15, -0.1) is 0 Å².